The molecule has 3 aliphatic rings. The largest absolute Gasteiger partial charge is 0.496 e. The Balaban J connectivity index is 1.36. The second kappa shape index (κ2) is 6.37. The quantitative estimate of drug-likeness (QED) is 0.919. The van der Waals surface area contributed by atoms with Gasteiger partial charge in [0.1, 0.15) is 5.75 Å². The zero-order chi connectivity index (χ0) is 16.6. The van der Waals surface area contributed by atoms with Crippen molar-refractivity contribution in [2.24, 2.45) is 5.92 Å². The SMILES string of the molecule is COc1ccccc1[C@@H]1C[C@H]1C(=O)N[C@H]1CCO[C@@]2(CCOC2)C1. The van der Waals surface area contributed by atoms with Gasteiger partial charge in [0.25, 0.3) is 0 Å². The molecule has 1 aliphatic carbocycles. The molecule has 2 aliphatic heterocycles. The van der Waals surface area contributed by atoms with E-state index in [-0.39, 0.29) is 29.4 Å². The topological polar surface area (TPSA) is 56.8 Å². The van der Waals surface area contributed by atoms with Gasteiger partial charge in [0.2, 0.25) is 5.91 Å². The van der Waals surface area contributed by atoms with Crippen LogP contribution in [0, 0.1) is 5.92 Å². The molecule has 4 atom stereocenters. The first-order valence-electron chi connectivity index (χ1n) is 8.86. The fourth-order valence-electron chi connectivity index (χ4n) is 4.12. The van der Waals surface area contributed by atoms with E-state index in [0.29, 0.717) is 13.2 Å². The molecular formula is C19H25NO4. The zero-order valence-corrected chi connectivity index (χ0v) is 14.1. The lowest BCUT2D eigenvalue weighted by Crippen LogP contribution is -2.49. The highest BCUT2D eigenvalue weighted by molar-refractivity contribution is 5.83. The molecule has 1 N–H and O–H groups in total. The summed E-state index contributed by atoms with van der Waals surface area (Å²) in [6.07, 6.45) is 3.60. The molecule has 1 amide bonds. The number of nitrogens with one attached hydrogen (secondary N) is 1. The van der Waals surface area contributed by atoms with Crippen molar-refractivity contribution in [1.82, 2.24) is 5.32 Å². The van der Waals surface area contributed by atoms with Gasteiger partial charge in [0.15, 0.2) is 0 Å². The van der Waals surface area contributed by atoms with E-state index in [1.165, 1.54) is 0 Å². The smallest absolute Gasteiger partial charge is 0.223 e. The van der Waals surface area contributed by atoms with Crippen LogP contribution in [0.4, 0.5) is 0 Å². The van der Waals surface area contributed by atoms with Gasteiger partial charge >= 0.3 is 0 Å². The molecule has 0 radical (unpaired) electrons. The molecule has 3 fully saturated rings. The van der Waals surface area contributed by atoms with E-state index >= 15 is 0 Å². The maximum absolute atomic E-state index is 12.6. The monoisotopic (exact) mass is 331 g/mol. The standard InChI is InChI=1S/C19H25NO4/c1-22-17-5-3-2-4-14(17)15-10-16(15)18(21)20-13-6-8-24-19(11-13)7-9-23-12-19/h2-5,13,15-16H,6-12H2,1H3,(H,20,21)/t13-,15-,16+,19-/m0/s1. The summed E-state index contributed by atoms with van der Waals surface area (Å²) < 4.78 is 16.9. The zero-order valence-electron chi connectivity index (χ0n) is 14.1. The summed E-state index contributed by atoms with van der Waals surface area (Å²) in [6.45, 7) is 2.13. The molecule has 2 saturated heterocycles. The number of methoxy groups -OCH3 is 1. The highest BCUT2D eigenvalue weighted by atomic mass is 16.6. The first-order valence-corrected chi connectivity index (χ1v) is 8.86. The van der Waals surface area contributed by atoms with E-state index in [4.69, 9.17) is 14.2 Å². The molecule has 1 aromatic rings. The lowest BCUT2D eigenvalue weighted by Gasteiger charge is -2.37. The van der Waals surface area contributed by atoms with Crippen LogP contribution in [0.5, 0.6) is 5.75 Å². The Morgan fingerprint density at radius 1 is 1.33 bits per heavy atom. The van der Waals surface area contributed by atoms with Gasteiger partial charge in [-0.05, 0) is 36.8 Å². The Bertz CT molecular complexity index is 611. The summed E-state index contributed by atoms with van der Waals surface area (Å²) in [5.41, 5.74) is 0.981. The van der Waals surface area contributed by atoms with Crippen LogP contribution in [0.2, 0.25) is 0 Å². The minimum Gasteiger partial charge on any atom is -0.496 e. The predicted octanol–water partition coefficient (Wildman–Crippen LogP) is 2.25. The highest BCUT2D eigenvalue weighted by Gasteiger charge is 2.47. The van der Waals surface area contributed by atoms with Crippen molar-refractivity contribution < 1.29 is 19.0 Å². The predicted molar refractivity (Wildman–Crippen MR) is 89.1 cm³/mol. The van der Waals surface area contributed by atoms with Gasteiger partial charge < -0.3 is 19.5 Å². The summed E-state index contributed by atoms with van der Waals surface area (Å²) in [7, 11) is 1.68. The molecule has 130 valence electrons. The molecule has 0 unspecified atom stereocenters. The van der Waals surface area contributed by atoms with Crippen LogP contribution < -0.4 is 10.1 Å². The number of benzene rings is 1. The van der Waals surface area contributed by atoms with Gasteiger partial charge in [-0.25, -0.2) is 0 Å². The fraction of sp³-hybridized carbons (Fsp3) is 0.632. The normalized spacial score (nSPS) is 35.0. The van der Waals surface area contributed by atoms with Crippen LogP contribution >= 0.6 is 0 Å². The van der Waals surface area contributed by atoms with Crippen molar-refractivity contribution in [3.8, 4) is 5.75 Å². The van der Waals surface area contributed by atoms with Crippen LogP contribution in [0.1, 0.15) is 37.2 Å². The Morgan fingerprint density at radius 2 is 2.21 bits per heavy atom. The number of rotatable bonds is 4. The number of hydrogen-bond donors (Lipinski definition) is 1. The van der Waals surface area contributed by atoms with Crippen molar-refractivity contribution in [2.45, 2.75) is 43.2 Å². The van der Waals surface area contributed by atoms with Crippen LogP contribution in [0.15, 0.2) is 24.3 Å². The number of amides is 1. The van der Waals surface area contributed by atoms with Gasteiger partial charge in [-0.15, -0.1) is 0 Å². The van der Waals surface area contributed by atoms with Crippen molar-refractivity contribution in [3.63, 3.8) is 0 Å². The van der Waals surface area contributed by atoms with E-state index in [0.717, 1.165) is 43.6 Å². The van der Waals surface area contributed by atoms with Crippen LogP contribution in [0.25, 0.3) is 0 Å². The lowest BCUT2D eigenvalue weighted by molar-refractivity contribution is -0.126. The van der Waals surface area contributed by atoms with Gasteiger partial charge in [0, 0.05) is 31.6 Å². The van der Waals surface area contributed by atoms with Crippen molar-refractivity contribution >= 4 is 5.91 Å². The summed E-state index contributed by atoms with van der Waals surface area (Å²) in [5.74, 6) is 1.41. The van der Waals surface area contributed by atoms with E-state index in [1.54, 1.807) is 7.11 Å². The third kappa shape index (κ3) is 3.03. The molecule has 0 bridgehead atoms. The van der Waals surface area contributed by atoms with E-state index in [9.17, 15) is 4.79 Å². The van der Waals surface area contributed by atoms with Gasteiger partial charge in [-0.1, -0.05) is 18.2 Å². The van der Waals surface area contributed by atoms with Gasteiger partial charge in [-0.3, -0.25) is 4.79 Å². The molecule has 1 aromatic carbocycles. The molecule has 4 rings (SSSR count). The van der Waals surface area contributed by atoms with Gasteiger partial charge in [-0.2, -0.15) is 0 Å². The van der Waals surface area contributed by atoms with Crippen LogP contribution in [0.3, 0.4) is 0 Å². The molecule has 1 spiro atoms. The maximum Gasteiger partial charge on any atom is 0.223 e. The third-order valence-corrected chi connectivity index (χ3v) is 5.57. The van der Waals surface area contributed by atoms with Crippen molar-refractivity contribution in [1.29, 1.82) is 0 Å². The summed E-state index contributed by atoms with van der Waals surface area (Å²) in [4.78, 5) is 12.6. The van der Waals surface area contributed by atoms with Crippen molar-refractivity contribution in [2.75, 3.05) is 26.9 Å². The second-order valence-corrected chi connectivity index (χ2v) is 7.22. The van der Waals surface area contributed by atoms with E-state index in [1.807, 2.05) is 18.2 Å². The molecule has 1 saturated carbocycles. The average molecular weight is 331 g/mol. The first-order chi connectivity index (χ1) is 11.7. The lowest BCUT2D eigenvalue weighted by atomic mass is 9.89. The minimum atomic E-state index is -0.165. The molecule has 5 heteroatoms. The number of carbonyl (C=O) groups is 1. The number of carbonyl (C=O) groups excluding carboxylic acids is 1. The van der Waals surface area contributed by atoms with Crippen LogP contribution in [-0.2, 0) is 14.3 Å². The van der Waals surface area contributed by atoms with Crippen LogP contribution in [-0.4, -0.2) is 44.5 Å². The Kier molecular flexibility index (Phi) is 4.22. The summed E-state index contributed by atoms with van der Waals surface area (Å²) in [5, 5.41) is 3.25. The number of hydrogen-bond acceptors (Lipinski definition) is 4. The summed E-state index contributed by atoms with van der Waals surface area (Å²) >= 11 is 0. The van der Waals surface area contributed by atoms with Gasteiger partial charge in [0.05, 0.1) is 19.3 Å². The molecular weight excluding hydrogens is 306 g/mol. The first kappa shape index (κ1) is 15.9. The second-order valence-electron chi connectivity index (χ2n) is 7.22. The molecule has 24 heavy (non-hydrogen) atoms. The Hall–Kier alpha value is -1.59. The number of ether oxygens (including phenoxy) is 3. The fourth-order valence-corrected chi connectivity index (χ4v) is 4.12. The molecule has 0 aromatic heterocycles. The Labute approximate surface area is 142 Å². The Morgan fingerprint density at radius 3 is 3.00 bits per heavy atom. The molecule has 5 nitrogen and oxygen atoms in total. The third-order valence-electron chi connectivity index (χ3n) is 5.57. The highest BCUT2D eigenvalue weighted by Crippen LogP contribution is 2.50. The maximum atomic E-state index is 12.6. The summed E-state index contributed by atoms with van der Waals surface area (Å²) in [6, 6.07) is 8.20. The van der Waals surface area contributed by atoms with E-state index < -0.39 is 0 Å². The molecule has 2 heterocycles. The number of para-hydroxylation sites is 1. The average Bonchev–Trinajstić information content (AvgIpc) is 3.29. The van der Waals surface area contributed by atoms with Crippen molar-refractivity contribution in [3.05, 3.63) is 29.8 Å². The minimum absolute atomic E-state index is 0.0694. The van der Waals surface area contributed by atoms with E-state index in [2.05, 4.69) is 11.4 Å².